The van der Waals surface area contributed by atoms with E-state index in [0.717, 1.165) is 5.57 Å². The maximum atomic E-state index is 13.9. The van der Waals surface area contributed by atoms with Gasteiger partial charge in [0.1, 0.15) is 46.9 Å². The van der Waals surface area contributed by atoms with Crippen molar-refractivity contribution in [3.8, 4) is 0 Å². The first-order chi connectivity index (χ1) is 34.0. The Hall–Kier alpha value is -6.04. The number of fused-ring (bicyclic) bond motifs is 2. The molecule has 2 saturated heterocycles. The SMILES string of the molecule is CCc1c(N2CCN(C(=O)OC(C)(C)C)CC2)c(=O)n2nc(Br)nc2n1CC(=O)OC(C)(C)C.CCc1c(N2CCN(C(=O)OC(C)(C)C)CC2)c(=O)n2nc(C3=CCOCC3)nc2n1CC(=O)OC(C)(C)C. The molecule has 0 unspecified atom stereocenters. The molecule has 7 rings (SSSR count). The maximum absolute atomic E-state index is 13.9. The fourth-order valence-electron chi connectivity index (χ4n) is 8.58. The third kappa shape index (κ3) is 14.2. The highest BCUT2D eigenvalue weighted by Crippen LogP contribution is 2.26. The van der Waals surface area contributed by atoms with Crippen LogP contribution < -0.4 is 20.9 Å². The van der Waals surface area contributed by atoms with Crippen LogP contribution in [0.4, 0.5) is 21.0 Å². The summed E-state index contributed by atoms with van der Waals surface area (Å²) in [4.78, 5) is 94.3. The van der Waals surface area contributed by atoms with E-state index >= 15 is 0 Å². The second-order valence-electron chi connectivity index (χ2n) is 22.0. The predicted octanol–water partition coefficient (Wildman–Crippen LogP) is 5.27. The number of anilines is 2. The summed E-state index contributed by atoms with van der Waals surface area (Å²) in [5.74, 6) is 0.130. The van der Waals surface area contributed by atoms with Gasteiger partial charge in [-0.15, -0.1) is 10.2 Å². The molecule has 0 aromatic carbocycles. The molecule has 402 valence electrons. The summed E-state index contributed by atoms with van der Waals surface area (Å²) < 4.78 is 33.7. The Morgan fingerprint density at radius 1 is 0.589 bits per heavy atom. The zero-order valence-corrected chi connectivity index (χ0v) is 46.5. The van der Waals surface area contributed by atoms with E-state index in [2.05, 4.69) is 31.1 Å². The monoisotopic (exact) mass is 1080 g/mol. The zero-order valence-electron chi connectivity index (χ0n) is 44.9. The number of aromatic nitrogens is 8. The molecule has 73 heavy (non-hydrogen) atoms. The number of ether oxygens (including phenoxy) is 5. The van der Waals surface area contributed by atoms with Gasteiger partial charge in [-0.25, -0.2) is 9.59 Å². The Labute approximate surface area is 433 Å². The third-order valence-electron chi connectivity index (χ3n) is 11.5. The van der Waals surface area contributed by atoms with Gasteiger partial charge in [0, 0.05) is 52.4 Å². The number of amides is 2. The Morgan fingerprint density at radius 2 is 0.986 bits per heavy atom. The average Bonchev–Trinajstić information content (AvgIpc) is 3.91. The molecule has 3 aliphatic heterocycles. The molecule has 24 heteroatoms. The molecule has 4 aromatic rings. The average molecular weight is 1090 g/mol. The molecule has 0 N–H and O–H groups in total. The van der Waals surface area contributed by atoms with Crippen LogP contribution in [0.1, 0.15) is 121 Å². The maximum Gasteiger partial charge on any atom is 0.410 e. The van der Waals surface area contributed by atoms with Gasteiger partial charge >= 0.3 is 24.1 Å². The van der Waals surface area contributed by atoms with E-state index < -0.39 is 34.3 Å². The van der Waals surface area contributed by atoms with Crippen LogP contribution in [-0.4, -0.2) is 160 Å². The molecule has 23 nitrogen and oxygen atoms in total. The van der Waals surface area contributed by atoms with Crippen LogP contribution in [0.25, 0.3) is 17.1 Å². The van der Waals surface area contributed by atoms with E-state index in [-0.39, 0.29) is 46.9 Å². The fourth-order valence-corrected chi connectivity index (χ4v) is 8.90. The van der Waals surface area contributed by atoms with Crippen molar-refractivity contribution in [1.82, 2.24) is 48.1 Å². The molecule has 2 amide bonds. The highest BCUT2D eigenvalue weighted by molar-refractivity contribution is 9.10. The van der Waals surface area contributed by atoms with Crippen molar-refractivity contribution < 1.29 is 42.9 Å². The molecule has 0 bridgehead atoms. The first-order valence-electron chi connectivity index (χ1n) is 24.8. The van der Waals surface area contributed by atoms with Crippen LogP contribution in [0.5, 0.6) is 0 Å². The second kappa shape index (κ2) is 22.2. The Bertz CT molecular complexity index is 2840. The number of hydrogen-bond acceptors (Lipinski definition) is 17. The first kappa shape index (κ1) is 56.3. The van der Waals surface area contributed by atoms with Crippen molar-refractivity contribution in [2.75, 3.05) is 75.4 Å². The molecule has 4 aromatic heterocycles. The second-order valence-corrected chi connectivity index (χ2v) is 22.7. The van der Waals surface area contributed by atoms with Gasteiger partial charge in [0.05, 0.1) is 24.6 Å². The van der Waals surface area contributed by atoms with Crippen molar-refractivity contribution in [1.29, 1.82) is 0 Å². The largest absolute Gasteiger partial charge is 0.459 e. The molecule has 0 radical (unpaired) electrons. The van der Waals surface area contributed by atoms with Crippen LogP contribution in [0.3, 0.4) is 0 Å². The summed E-state index contributed by atoms with van der Waals surface area (Å²) in [6, 6.07) is 0. The molecule has 0 saturated carbocycles. The van der Waals surface area contributed by atoms with Gasteiger partial charge in [0.15, 0.2) is 5.82 Å². The van der Waals surface area contributed by atoms with Crippen LogP contribution in [-0.2, 0) is 59.2 Å². The Morgan fingerprint density at radius 3 is 1.36 bits per heavy atom. The van der Waals surface area contributed by atoms with E-state index in [0.29, 0.717) is 119 Å². The van der Waals surface area contributed by atoms with Crippen molar-refractivity contribution >= 4 is 68.6 Å². The summed E-state index contributed by atoms with van der Waals surface area (Å²) >= 11 is 3.24. The lowest BCUT2D eigenvalue weighted by Gasteiger charge is -2.37. The standard InChI is InChI=1S/C27H40N6O6.C22H33BrN6O5/c1-8-19-21(30-11-13-31(14-12-30)25(36)39-27(5,6)7)23(35)33-24(32(19)17-20(34)38-26(2,3)4)28-22(29-33)18-9-15-37-16-10-18;1-8-14-16(26-9-11-27(12-10-26)20(32)34-22(5,6)7)17(31)29-19(24-18(23)25-29)28(14)13-15(30)33-21(2,3)4/h9H,8,10-17H2,1-7H3;8-13H2,1-7H3. The van der Waals surface area contributed by atoms with E-state index in [1.807, 2.05) is 92.0 Å². The Balaban J connectivity index is 0.000000241. The highest BCUT2D eigenvalue weighted by Gasteiger charge is 2.33. The van der Waals surface area contributed by atoms with Gasteiger partial charge in [-0.1, -0.05) is 19.9 Å². The van der Waals surface area contributed by atoms with Gasteiger partial charge in [-0.2, -0.15) is 19.0 Å². The number of halogens is 1. The minimum absolute atomic E-state index is 0.111. The van der Waals surface area contributed by atoms with E-state index in [9.17, 15) is 28.8 Å². The van der Waals surface area contributed by atoms with Gasteiger partial charge in [-0.05, 0) is 124 Å². The summed E-state index contributed by atoms with van der Waals surface area (Å²) in [7, 11) is 0. The van der Waals surface area contributed by atoms with E-state index in [1.54, 1.807) is 39.7 Å². The zero-order chi connectivity index (χ0) is 54.0. The Kier molecular flexibility index (Phi) is 17.1. The molecule has 7 heterocycles. The van der Waals surface area contributed by atoms with Crippen molar-refractivity contribution in [3.63, 3.8) is 0 Å². The van der Waals surface area contributed by atoms with E-state index in [4.69, 9.17) is 28.7 Å². The van der Waals surface area contributed by atoms with Gasteiger partial charge < -0.3 is 52.4 Å². The van der Waals surface area contributed by atoms with E-state index in [1.165, 1.54) is 9.03 Å². The predicted molar refractivity (Wildman–Crippen MR) is 276 cm³/mol. The minimum atomic E-state index is -0.661. The number of nitrogens with zero attached hydrogens (tertiary/aromatic N) is 12. The smallest absolute Gasteiger partial charge is 0.410 e. The highest BCUT2D eigenvalue weighted by atomic mass is 79.9. The molecule has 2 fully saturated rings. The lowest BCUT2D eigenvalue weighted by atomic mass is 10.1. The molecule has 3 aliphatic rings. The number of esters is 2. The van der Waals surface area contributed by atoms with Crippen LogP contribution in [0.2, 0.25) is 0 Å². The third-order valence-corrected chi connectivity index (χ3v) is 11.8. The van der Waals surface area contributed by atoms with Crippen molar-refractivity contribution in [2.45, 2.75) is 152 Å². The summed E-state index contributed by atoms with van der Waals surface area (Å²) in [6.07, 6.45) is 2.77. The van der Waals surface area contributed by atoms with Crippen LogP contribution in [0, 0.1) is 0 Å². The molecule has 0 aliphatic carbocycles. The molecular formula is C49H73BrN12O11. The molecule has 0 atom stereocenters. The number of carbonyl (C=O) groups is 4. The first-order valence-corrected chi connectivity index (χ1v) is 25.6. The summed E-state index contributed by atoms with van der Waals surface area (Å²) in [5.41, 5.74) is 0.0280. The minimum Gasteiger partial charge on any atom is -0.459 e. The summed E-state index contributed by atoms with van der Waals surface area (Å²) in [5, 5.41) is 8.77. The number of piperazine rings is 2. The number of hydrogen-bond donors (Lipinski definition) is 0. The van der Waals surface area contributed by atoms with Gasteiger partial charge in [0.25, 0.3) is 11.1 Å². The number of carbonyl (C=O) groups excluding carboxylic acids is 4. The fraction of sp³-hybridized carbons (Fsp3) is 0.673. The quantitative estimate of drug-likeness (QED) is 0.153. The topological polar surface area (TPSA) is 232 Å². The molecule has 0 spiro atoms. The van der Waals surface area contributed by atoms with Gasteiger partial charge in [0.2, 0.25) is 16.3 Å². The van der Waals surface area contributed by atoms with Crippen LogP contribution in [0.15, 0.2) is 20.4 Å². The number of rotatable bonds is 9. The summed E-state index contributed by atoms with van der Waals surface area (Å²) in [6.45, 7) is 29.8. The normalized spacial score (nSPS) is 16.0. The lowest BCUT2D eigenvalue weighted by molar-refractivity contribution is -0.156. The lowest BCUT2D eigenvalue weighted by Crippen LogP contribution is -2.51. The van der Waals surface area contributed by atoms with Crippen LogP contribution >= 0.6 is 15.9 Å². The molecular weight excluding hydrogens is 1010 g/mol. The van der Waals surface area contributed by atoms with Crippen molar-refractivity contribution in [2.24, 2.45) is 0 Å². The van der Waals surface area contributed by atoms with Gasteiger partial charge in [-0.3, -0.25) is 19.2 Å². The van der Waals surface area contributed by atoms with Crippen molar-refractivity contribution in [3.05, 3.63) is 48.7 Å².